The van der Waals surface area contributed by atoms with Crippen LogP contribution < -0.4 is 10.1 Å². The second kappa shape index (κ2) is 10.7. The third-order valence-electron chi connectivity index (χ3n) is 5.29. The van der Waals surface area contributed by atoms with Gasteiger partial charge in [-0.3, -0.25) is 4.79 Å². The predicted molar refractivity (Wildman–Crippen MR) is 122 cm³/mol. The summed E-state index contributed by atoms with van der Waals surface area (Å²) >= 11 is 0. The van der Waals surface area contributed by atoms with Gasteiger partial charge in [0.05, 0.1) is 11.5 Å². The monoisotopic (exact) mass is 445 g/mol. The van der Waals surface area contributed by atoms with Gasteiger partial charge in [-0.2, -0.15) is 4.31 Å². The van der Waals surface area contributed by atoms with E-state index in [1.807, 2.05) is 38.2 Å². The van der Waals surface area contributed by atoms with Gasteiger partial charge in [-0.05, 0) is 68.8 Å². The molecule has 1 aliphatic heterocycles. The van der Waals surface area contributed by atoms with E-state index in [9.17, 15) is 13.2 Å². The van der Waals surface area contributed by atoms with Crippen LogP contribution in [0.2, 0.25) is 0 Å². The van der Waals surface area contributed by atoms with Crippen molar-refractivity contribution >= 4 is 21.6 Å². The summed E-state index contributed by atoms with van der Waals surface area (Å²) in [6.07, 6.45) is 1.88. The van der Waals surface area contributed by atoms with Crippen LogP contribution in [0.3, 0.4) is 0 Å². The molecule has 2 aromatic rings. The molecule has 0 bridgehead atoms. The molecule has 168 valence electrons. The molecule has 1 amide bonds. The molecule has 0 aliphatic carbocycles. The van der Waals surface area contributed by atoms with Gasteiger partial charge in [0, 0.05) is 38.3 Å². The van der Waals surface area contributed by atoms with Crippen molar-refractivity contribution in [2.24, 2.45) is 0 Å². The number of carbonyl (C=O) groups excluding carboxylic acids is 1. The smallest absolute Gasteiger partial charge is 0.243 e. The van der Waals surface area contributed by atoms with Crippen LogP contribution in [-0.2, 0) is 14.8 Å². The Hall–Kier alpha value is -2.42. The first kappa shape index (κ1) is 23.2. The van der Waals surface area contributed by atoms with Gasteiger partial charge >= 0.3 is 0 Å². The summed E-state index contributed by atoms with van der Waals surface area (Å²) in [5.41, 5.74) is 1.75. The maximum atomic E-state index is 12.8. The number of nitrogens with one attached hydrogen (secondary N) is 1. The van der Waals surface area contributed by atoms with Gasteiger partial charge in [0.25, 0.3) is 0 Å². The Balaban J connectivity index is 1.41. The van der Waals surface area contributed by atoms with Crippen LogP contribution in [0.4, 0.5) is 5.69 Å². The highest BCUT2D eigenvalue weighted by atomic mass is 32.2. The second-order valence-corrected chi connectivity index (χ2v) is 9.84. The highest BCUT2D eigenvalue weighted by Gasteiger charge is 2.27. The number of amides is 1. The summed E-state index contributed by atoms with van der Waals surface area (Å²) < 4.78 is 32.7. The Morgan fingerprint density at radius 1 is 1.03 bits per heavy atom. The molecule has 3 rings (SSSR count). The number of carbonyl (C=O) groups is 1. The van der Waals surface area contributed by atoms with Gasteiger partial charge in [-0.1, -0.05) is 12.1 Å². The van der Waals surface area contributed by atoms with E-state index in [-0.39, 0.29) is 10.8 Å². The minimum absolute atomic E-state index is 0.0924. The summed E-state index contributed by atoms with van der Waals surface area (Å²) in [6, 6.07) is 14.3. The molecule has 0 unspecified atom stereocenters. The molecule has 31 heavy (non-hydrogen) atoms. The van der Waals surface area contributed by atoms with E-state index >= 15 is 0 Å². The van der Waals surface area contributed by atoms with Gasteiger partial charge in [-0.15, -0.1) is 0 Å². The SMILES string of the molecule is Cc1cccc(OCCCCC(=O)Nc2ccc(S(=O)(=O)N3CCN(C)CC3)cc2)c1. The second-order valence-electron chi connectivity index (χ2n) is 7.90. The number of nitrogens with zero attached hydrogens (tertiary/aromatic N) is 2. The fraction of sp³-hybridized carbons (Fsp3) is 0.435. The normalized spacial score (nSPS) is 15.5. The van der Waals surface area contributed by atoms with Crippen molar-refractivity contribution in [3.05, 3.63) is 54.1 Å². The van der Waals surface area contributed by atoms with Crippen LogP contribution in [0.1, 0.15) is 24.8 Å². The molecule has 7 nitrogen and oxygen atoms in total. The fourth-order valence-electron chi connectivity index (χ4n) is 3.39. The average molecular weight is 446 g/mol. The number of ether oxygens (including phenoxy) is 1. The van der Waals surface area contributed by atoms with Crippen molar-refractivity contribution in [2.45, 2.75) is 31.1 Å². The quantitative estimate of drug-likeness (QED) is 0.600. The van der Waals surface area contributed by atoms with E-state index in [4.69, 9.17) is 4.74 Å². The molecule has 0 aromatic heterocycles. The van der Waals surface area contributed by atoms with Crippen LogP contribution in [0.5, 0.6) is 5.75 Å². The van der Waals surface area contributed by atoms with Gasteiger partial charge in [-0.25, -0.2) is 8.42 Å². The van der Waals surface area contributed by atoms with E-state index in [0.717, 1.165) is 30.8 Å². The summed E-state index contributed by atoms with van der Waals surface area (Å²) in [5, 5.41) is 2.83. The zero-order valence-electron chi connectivity index (χ0n) is 18.2. The van der Waals surface area contributed by atoms with E-state index < -0.39 is 10.0 Å². The van der Waals surface area contributed by atoms with Gasteiger partial charge in [0.2, 0.25) is 15.9 Å². The lowest BCUT2D eigenvalue weighted by Gasteiger charge is -2.31. The van der Waals surface area contributed by atoms with Crippen molar-refractivity contribution < 1.29 is 17.9 Å². The number of benzene rings is 2. The van der Waals surface area contributed by atoms with Crippen LogP contribution in [0.25, 0.3) is 0 Å². The molecule has 1 N–H and O–H groups in total. The molecule has 0 atom stereocenters. The van der Waals surface area contributed by atoms with Crippen LogP contribution >= 0.6 is 0 Å². The molecule has 1 heterocycles. The number of piperazine rings is 1. The molecule has 1 saturated heterocycles. The maximum Gasteiger partial charge on any atom is 0.243 e. The molecule has 8 heteroatoms. The summed E-state index contributed by atoms with van der Waals surface area (Å²) in [5.74, 6) is 0.751. The summed E-state index contributed by atoms with van der Waals surface area (Å²) in [6.45, 7) is 5.02. The average Bonchev–Trinajstić information content (AvgIpc) is 2.74. The van der Waals surface area contributed by atoms with E-state index in [1.165, 1.54) is 4.31 Å². The Bertz CT molecular complexity index is 969. The Morgan fingerprint density at radius 3 is 2.42 bits per heavy atom. The van der Waals surface area contributed by atoms with E-state index in [0.29, 0.717) is 38.2 Å². The number of hydrogen-bond donors (Lipinski definition) is 1. The lowest BCUT2D eigenvalue weighted by atomic mass is 10.2. The van der Waals surface area contributed by atoms with Crippen LogP contribution in [0.15, 0.2) is 53.4 Å². The largest absolute Gasteiger partial charge is 0.494 e. The summed E-state index contributed by atoms with van der Waals surface area (Å²) in [4.78, 5) is 14.5. The predicted octanol–water partition coefficient (Wildman–Crippen LogP) is 3.12. The van der Waals surface area contributed by atoms with E-state index in [2.05, 4.69) is 10.2 Å². The maximum absolute atomic E-state index is 12.8. The minimum Gasteiger partial charge on any atom is -0.494 e. The molecule has 0 radical (unpaired) electrons. The van der Waals surface area contributed by atoms with Crippen LogP contribution in [-0.4, -0.2) is 63.4 Å². The van der Waals surface area contributed by atoms with Crippen molar-refractivity contribution in [3.63, 3.8) is 0 Å². The molecule has 1 fully saturated rings. The highest BCUT2D eigenvalue weighted by Crippen LogP contribution is 2.20. The first-order valence-corrected chi connectivity index (χ1v) is 12.1. The van der Waals surface area contributed by atoms with Crippen molar-refractivity contribution in [1.29, 1.82) is 0 Å². The molecule has 0 spiro atoms. The van der Waals surface area contributed by atoms with Crippen LogP contribution in [0, 0.1) is 6.92 Å². The molecule has 0 saturated carbocycles. The molecule has 2 aromatic carbocycles. The summed E-state index contributed by atoms with van der Waals surface area (Å²) in [7, 11) is -1.51. The number of likely N-dealkylation sites (N-methyl/N-ethyl adjacent to an activating group) is 1. The molecule has 1 aliphatic rings. The number of aryl methyl sites for hydroxylation is 1. The zero-order chi connectivity index (χ0) is 22.3. The number of hydrogen-bond acceptors (Lipinski definition) is 5. The van der Waals surface area contributed by atoms with E-state index in [1.54, 1.807) is 24.3 Å². The van der Waals surface area contributed by atoms with Crippen molar-refractivity contribution in [2.75, 3.05) is 45.2 Å². The Labute approximate surface area is 185 Å². The topological polar surface area (TPSA) is 78.9 Å². The number of unbranched alkanes of at least 4 members (excludes halogenated alkanes) is 1. The number of sulfonamides is 1. The molecular weight excluding hydrogens is 414 g/mol. The fourth-order valence-corrected chi connectivity index (χ4v) is 4.82. The number of anilines is 1. The Kier molecular flexibility index (Phi) is 8.06. The van der Waals surface area contributed by atoms with Crippen molar-refractivity contribution in [3.8, 4) is 5.75 Å². The third kappa shape index (κ3) is 6.78. The lowest BCUT2D eigenvalue weighted by molar-refractivity contribution is -0.116. The van der Waals surface area contributed by atoms with Crippen molar-refractivity contribution in [1.82, 2.24) is 9.21 Å². The first-order chi connectivity index (χ1) is 14.8. The Morgan fingerprint density at radius 2 is 1.74 bits per heavy atom. The van der Waals surface area contributed by atoms with Gasteiger partial charge in [0.15, 0.2) is 0 Å². The third-order valence-corrected chi connectivity index (χ3v) is 7.21. The highest BCUT2D eigenvalue weighted by molar-refractivity contribution is 7.89. The standard InChI is InChI=1S/C23H31N3O4S/c1-19-6-5-7-21(18-19)30-17-4-3-8-23(27)24-20-9-11-22(12-10-20)31(28,29)26-15-13-25(2)14-16-26/h5-7,9-12,18H,3-4,8,13-17H2,1-2H3,(H,24,27). The molecular formula is C23H31N3O4S. The first-order valence-electron chi connectivity index (χ1n) is 10.6. The van der Waals surface area contributed by atoms with Gasteiger partial charge in [0.1, 0.15) is 5.75 Å². The lowest BCUT2D eigenvalue weighted by Crippen LogP contribution is -2.46. The van der Waals surface area contributed by atoms with Gasteiger partial charge < -0.3 is 15.0 Å². The number of rotatable bonds is 9. The zero-order valence-corrected chi connectivity index (χ0v) is 19.0. The minimum atomic E-state index is -3.50.